The number of carbonyl (C=O) groups excluding carboxylic acids is 2. The van der Waals surface area contributed by atoms with Crippen molar-refractivity contribution >= 4 is 11.8 Å². The maximum absolute atomic E-state index is 13.0. The van der Waals surface area contributed by atoms with Crippen LogP contribution in [-0.4, -0.2) is 24.9 Å². The van der Waals surface area contributed by atoms with Gasteiger partial charge in [-0.15, -0.1) is 0 Å². The van der Waals surface area contributed by atoms with Crippen LogP contribution in [0.2, 0.25) is 0 Å². The normalized spacial score (nSPS) is 45.2. The van der Waals surface area contributed by atoms with Gasteiger partial charge in [0.1, 0.15) is 0 Å². The monoisotopic (exact) mass is 440 g/mol. The molecule has 4 nitrogen and oxygen atoms in total. The molecule has 8 aliphatic carbocycles. The molecule has 0 aromatic rings. The Morgan fingerprint density at radius 3 is 1.06 bits per heavy atom. The van der Waals surface area contributed by atoms with E-state index in [4.69, 9.17) is 0 Å². The third kappa shape index (κ3) is 3.92. The molecular weight excluding hydrogens is 396 g/mol. The van der Waals surface area contributed by atoms with Gasteiger partial charge >= 0.3 is 0 Å². The molecule has 0 aromatic carbocycles. The minimum atomic E-state index is -0.00368. The molecule has 8 rings (SSSR count). The fraction of sp³-hybridized carbons (Fsp3) is 0.929. The number of carbonyl (C=O) groups is 2. The van der Waals surface area contributed by atoms with Crippen LogP contribution in [0.5, 0.6) is 0 Å². The van der Waals surface area contributed by atoms with Crippen molar-refractivity contribution in [1.82, 2.24) is 10.6 Å². The smallest absolute Gasteiger partial charge is 0.226 e. The highest BCUT2D eigenvalue weighted by molar-refractivity contribution is 5.83. The molecule has 0 atom stereocenters. The Kier molecular flexibility index (Phi) is 5.57. The number of hydrogen-bond donors (Lipinski definition) is 2. The van der Waals surface area contributed by atoms with Gasteiger partial charge in [0, 0.05) is 23.9 Å². The van der Waals surface area contributed by atoms with Gasteiger partial charge in [-0.2, -0.15) is 0 Å². The number of amides is 2. The molecule has 0 radical (unpaired) electrons. The third-order valence-corrected chi connectivity index (χ3v) is 10.7. The second-order valence-corrected chi connectivity index (χ2v) is 13.3. The van der Waals surface area contributed by atoms with E-state index in [1.807, 2.05) is 0 Å². The highest BCUT2D eigenvalue weighted by atomic mass is 16.2. The summed E-state index contributed by atoms with van der Waals surface area (Å²) in [6, 6.07) is 0. The van der Waals surface area contributed by atoms with Gasteiger partial charge in [0.05, 0.1) is 0 Å². The topological polar surface area (TPSA) is 58.2 Å². The summed E-state index contributed by atoms with van der Waals surface area (Å²) in [5.41, 5.74) is -0.00736. The summed E-state index contributed by atoms with van der Waals surface area (Å²) >= 11 is 0. The molecule has 2 amide bonds. The molecule has 0 saturated heterocycles. The van der Waals surface area contributed by atoms with Crippen LogP contribution < -0.4 is 10.6 Å². The lowest BCUT2D eigenvalue weighted by molar-refractivity contribution is -0.146. The van der Waals surface area contributed by atoms with Crippen molar-refractivity contribution in [2.45, 2.75) is 103 Å². The van der Waals surface area contributed by atoms with Crippen molar-refractivity contribution in [1.29, 1.82) is 0 Å². The van der Waals surface area contributed by atoms with E-state index >= 15 is 0 Å². The van der Waals surface area contributed by atoms with Crippen molar-refractivity contribution in [2.24, 2.45) is 46.3 Å². The fourth-order valence-electron chi connectivity index (χ4n) is 10.2. The molecule has 8 aliphatic rings. The van der Waals surface area contributed by atoms with Crippen LogP contribution in [0.4, 0.5) is 0 Å². The largest absolute Gasteiger partial charge is 0.356 e. The van der Waals surface area contributed by atoms with Gasteiger partial charge in [-0.1, -0.05) is 12.8 Å². The van der Waals surface area contributed by atoms with Crippen LogP contribution in [0.1, 0.15) is 103 Å². The summed E-state index contributed by atoms with van der Waals surface area (Å²) < 4.78 is 0. The second-order valence-electron chi connectivity index (χ2n) is 13.3. The van der Waals surface area contributed by atoms with Crippen molar-refractivity contribution in [2.75, 3.05) is 13.1 Å². The van der Waals surface area contributed by atoms with Crippen LogP contribution in [0.15, 0.2) is 0 Å². The van der Waals surface area contributed by atoms with Crippen molar-refractivity contribution in [3.05, 3.63) is 0 Å². The summed E-state index contributed by atoms with van der Waals surface area (Å²) in [5, 5.41) is 6.63. The molecule has 0 aromatic heterocycles. The second kappa shape index (κ2) is 8.31. The van der Waals surface area contributed by atoms with Crippen LogP contribution in [0.25, 0.3) is 0 Å². The Balaban J connectivity index is 0.861. The van der Waals surface area contributed by atoms with Gasteiger partial charge in [-0.3, -0.25) is 9.59 Å². The molecule has 32 heavy (non-hydrogen) atoms. The van der Waals surface area contributed by atoms with E-state index in [0.29, 0.717) is 11.8 Å². The molecule has 0 heterocycles. The first kappa shape index (κ1) is 21.5. The van der Waals surface area contributed by atoms with Crippen molar-refractivity contribution in [3.63, 3.8) is 0 Å². The van der Waals surface area contributed by atoms with E-state index in [-0.39, 0.29) is 10.8 Å². The average molecular weight is 441 g/mol. The predicted molar refractivity (Wildman–Crippen MR) is 126 cm³/mol. The maximum atomic E-state index is 13.0. The Morgan fingerprint density at radius 1 is 0.500 bits per heavy atom. The van der Waals surface area contributed by atoms with Crippen LogP contribution in [0.3, 0.4) is 0 Å². The SMILES string of the molecule is O=C(NCCCCCCNC(=O)C12CC3CC(CC(C3)C1)C2)C12CC3CC(CC(C3)C1)C2. The predicted octanol–water partition coefficient (Wildman–Crippen LogP) is 5.21. The molecule has 8 fully saturated rings. The van der Waals surface area contributed by atoms with Crippen molar-refractivity contribution < 1.29 is 9.59 Å². The number of nitrogens with one attached hydrogen (secondary N) is 2. The third-order valence-electron chi connectivity index (χ3n) is 10.7. The minimum Gasteiger partial charge on any atom is -0.356 e. The van der Waals surface area contributed by atoms with E-state index in [9.17, 15) is 9.59 Å². The molecule has 4 heteroatoms. The summed E-state index contributed by atoms with van der Waals surface area (Å²) in [4.78, 5) is 26.0. The number of hydrogen-bond acceptors (Lipinski definition) is 2. The van der Waals surface area contributed by atoms with Gasteiger partial charge in [0.15, 0.2) is 0 Å². The lowest BCUT2D eigenvalue weighted by atomic mass is 9.49. The summed E-state index contributed by atoms with van der Waals surface area (Å²) in [7, 11) is 0. The quantitative estimate of drug-likeness (QED) is 0.483. The molecule has 8 bridgehead atoms. The van der Waals surface area contributed by atoms with Crippen molar-refractivity contribution in [3.8, 4) is 0 Å². The van der Waals surface area contributed by atoms with E-state index in [1.165, 1.54) is 38.5 Å². The minimum absolute atomic E-state index is 0.00368. The Labute approximate surface area is 194 Å². The zero-order chi connectivity index (χ0) is 21.8. The summed E-state index contributed by atoms with van der Waals surface area (Å²) in [6.07, 6.45) is 19.8. The van der Waals surface area contributed by atoms with Gasteiger partial charge in [-0.25, -0.2) is 0 Å². The first-order valence-electron chi connectivity index (χ1n) is 14.1. The van der Waals surface area contributed by atoms with Gasteiger partial charge in [0.25, 0.3) is 0 Å². The Bertz CT molecular complexity index is 611. The van der Waals surface area contributed by atoms with Gasteiger partial charge < -0.3 is 10.6 Å². The lowest BCUT2D eigenvalue weighted by Gasteiger charge is -2.55. The van der Waals surface area contributed by atoms with E-state index in [2.05, 4.69) is 10.6 Å². The summed E-state index contributed by atoms with van der Waals surface area (Å²) in [5.74, 6) is 5.75. The zero-order valence-corrected chi connectivity index (χ0v) is 20.0. The summed E-state index contributed by atoms with van der Waals surface area (Å²) in [6.45, 7) is 1.67. The molecule has 2 N–H and O–H groups in total. The molecule has 178 valence electrons. The highest BCUT2D eigenvalue weighted by Gasteiger charge is 2.55. The lowest BCUT2D eigenvalue weighted by Crippen LogP contribution is -2.53. The molecule has 0 unspecified atom stereocenters. The molecule has 0 spiro atoms. The first-order chi connectivity index (χ1) is 15.5. The van der Waals surface area contributed by atoms with Gasteiger partial charge in [0.2, 0.25) is 11.8 Å². The Hall–Kier alpha value is -1.06. The van der Waals surface area contributed by atoms with Crippen LogP contribution in [0, 0.1) is 46.3 Å². The number of unbranched alkanes of at least 4 members (excludes halogenated alkanes) is 3. The zero-order valence-electron chi connectivity index (χ0n) is 20.0. The van der Waals surface area contributed by atoms with E-state index in [1.54, 1.807) is 0 Å². The fourth-order valence-corrected chi connectivity index (χ4v) is 10.2. The first-order valence-corrected chi connectivity index (χ1v) is 14.1. The van der Waals surface area contributed by atoms with Crippen LogP contribution in [-0.2, 0) is 9.59 Å². The van der Waals surface area contributed by atoms with E-state index in [0.717, 1.165) is 113 Å². The van der Waals surface area contributed by atoms with Crippen LogP contribution >= 0.6 is 0 Å². The molecular formula is C28H44N2O2. The molecule has 0 aliphatic heterocycles. The molecule has 8 saturated carbocycles. The standard InChI is InChI=1S/C28H44N2O2/c31-25(27-13-19-7-20(14-27)9-21(8-19)15-27)29-5-3-1-2-4-6-30-26(32)28-16-22-10-23(17-28)12-24(11-22)18-28/h19-24H,1-18H2,(H,29,31)(H,30,32). The number of rotatable bonds is 9. The van der Waals surface area contributed by atoms with E-state index < -0.39 is 0 Å². The maximum Gasteiger partial charge on any atom is 0.226 e. The highest BCUT2D eigenvalue weighted by Crippen LogP contribution is 2.61. The van der Waals surface area contributed by atoms with Gasteiger partial charge in [-0.05, 0) is 125 Å². The Morgan fingerprint density at radius 2 is 0.781 bits per heavy atom. The average Bonchev–Trinajstić information content (AvgIpc) is 2.73.